The Morgan fingerprint density at radius 3 is 2.35 bits per heavy atom. The monoisotopic (exact) mass is 300 g/mol. The Kier molecular flexibility index (Phi) is 4.29. The minimum absolute atomic E-state index is 0.142. The summed E-state index contributed by atoms with van der Waals surface area (Å²) in [7, 11) is 0. The van der Waals surface area contributed by atoms with E-state index in [1.54, 1.807) is 0 Å². The van der Waals surface area contributed by atoms with Crippen LogP contribution in [0.5, 0.6) is 5.75 Å². The Bertz CT molecular complexity index is 636. The molecule has 0 radical (unpaired) electrons. The van der Waals surface area contributed by atoms with Crippen LogP contribution in [0.3, 0.4) is 0 Å². The van der Waals surface area contributed by atoms with Crippen LogP contribution in [0.2, 0.25) is 5.02 Å². The molecule has 0 N–H and O–H groups in total. The average Bonchev–Trinajstić information content (AvgIpc) is 2.41. The first-order valence-electron chi connectivity index (χ1n) is 5.52. The van der Waals surface area contributed by atoms with Crippen molar-refractivity contribution in [1.82, 2.24) is 0 Å². The predicted molar refractivity (Wildman–Crippen MR) is 67.5 cm³/mol. The van der Waals surface area contributed by atoms with Gasteiger partial charge in [-0.3, -0.25) is 4.79 Å². The first kappa shape index (κ1) is 14.4. The van der Waals surface area contributed by atoms with Crippen molar-refractivity contribution in [2.45, 2.75) is 6.61 Å². The number of benzene rings is 2. The van der Waals surface area contributed by atoms with Crippen LogP contribution >= 0.6 is 11.6 Å². The third-order valence-corrected chi connectivity index (χ3v) is 2.91. The van der Waals surface area contributed by atoms with Crippen LogP contribution in [-0.4, -0.2) is 6.29 Å². The highest BCUT2D eigenvalue weighted by atomic mass is 35.5. The minimum atomic E-state index is -1.01. The highest BCUT2D eigenvalue weighted by Gasteiger charge is 2.13. The lowest BCUT2D eigenvalue weighted by Crippen LogP contribution is -2.02. The summed E-state index contributed by atoms with van der Waals surface area (Å²) in [6, 6.07) is 5.28. The summed E-state index contributed by atoms with van der Waals surface area (Å²) in [6.45, 7) is -0.301. The quantitative estimate of drug-likeness (QED) is 0.793. The lowest BCUT2D eigenvalue weighted by atomic mass is 10.2. The summed E-state index contributed by atoms with van der Waals surface area (Å²) < 4.78 is 45.1. The number of ether oxygens (including phenoxy) is 1. The fraction of sp³-hybridized carbons (Fsp3) is 0.0714. The van der Waals surface area contributed by atoms with Gasteiger partial charge in [-0.05, 0) is 30.3 Å². The third kappa shape index (κ3) is 3.11. The summed E-state index contributed by atoms with van der Waals surface area (Å²) in [5, 5.41) is 0.219. The average molecular weight is 301 g/mol. The molecular formula is C14H8ClF3O2. The van der Waals surface area contributed by atoms with E-state index in [4.69, 9.17) is 16.3 Å². The molecule has 2 aromatic rings. The number of hydrogen-bond acceptors (Lipinski definition) is 2. The molecule has 0 aromatic heterocycles. The number of carbonyl (C=O) groups is 1. The first-order valence-corrected chi connectivity index (χ1v) is 5.90. The summed E-state index contributed by atoms with van der Waals surface area (Å²) in [5.74, 6) is -3.21. The zero-order valence-electron chi connectivity index (χ0n) is 10.00. The van der Waals surface area contributed by atoms with E-state index >= 15 is 0 Å². The van der Waals surface area contributed by atoms with Gasteiger partial charge in [-0.15, -0.1) is 0 Å². The Balaban J connectivity index is 2.23. The van der Waals surface area contributed by atoms with Crippen LogP contribution in [0.25, 0.3) is 0 Å². The molecule has 0 aliphatic rings. The van der Waals surface area contributed by atoms with E-state index in [9.17, 15) is 18.0 Å². The van der Waals surface area contributed by atoms with Gasteiger partial charge in [0, 0.05) is 16.1 Å². The van der Waals surface area contributed by atoms with Gasteiger partial charge in [0.05, 0.1) is 0 Å². The van der Waals surface area contributed by atoms with Gasteiger partial charge in [0.1, 0.15) is 18.7 Å². The Morgan fingerprint density at radius 2 is 1.75 bits per heavy atom. The Labute approximate surface area is 117 Å². The summed E-state index contributed by atoms with van der Waals surface area (Å²) >= 11 is 5.81. The van der Waals surface area contributed by atoms with Crippen molar-refractivity contribution < 1.29 is 22.7 Å². The van der Waals surface area contributed by atoms with Crippen LogP contribution in [0, 0.1) is 17.5 Å². The number of hydrogen-bond donors (Lipinski definition) is 0. The molecule has 0 saturated heterocycles. The zero-order chi connectivity index (χ0) is 14.7. The van der Waals surface area contributed by atoms with Crippen molar-refractivity contribution in [3.8, 4) is 5.75 Å². The van der Waals surface area contributed by atoms with Gasteiger partial charge in [0.2, 0.25) is 0 Å². The van der Waals surface area contributed by atoms with Gasteiger partial charge >= 0.3 is 0 Å². The van der Waals surface area contributed by atoms with Crippen LogP contribution in [0.1, 0.15) is 15.9 Å². The second-order valence-electron chi connectivity index (χ2n) is 3.96. The van der Waals surface area contributed by atoms with E-state index in [-0.39, 0.29) is 22.8 Å². The highest BCUT2D eigenvalue weighted by Crippen LogP contribution is 2.25. The molecule has 0 fully saturated rings. The van der Waals surface area contributed by atoms with E-state index < -0.39 is 23.2 Å². The molecule has 6 heteroatoms. The van der Waals surface area contributed by atoms with Crippen molar-refractivity contribution in [3.05, 3.63) is 63.9 Å². The molecule has 2 nitrogen and oxygen atoms in total. The van der Waals surface area contributed by atoms with Crippen molar-refractivity contribution >= 4 is 17.9 Å². The maximum Gasteiger partial charge on any atom is 0.191 e. The number of aldehydes is 1. The van der Waals surface area contributed by atoms with Crippen LogP contribution in [0.15, 0.2) is 30.3 Å². The molecule has 0 unspecified atom stereocenters. The van der Waals surface area contributed by atoms with E-state index in [0.29, 0.717) is 6.29 Å². The maximum atomic E-state index is 13.5. The highest BCUT2D eigenvalue weighted by molar-refractivity contribution is 6.31. The van der Waals surface area contributed by atoms with Gasteiger partial charge in [0.25, 0.3) is 0 Å². The molecule has 20 heavy (non-hydrogen) atoms. The molecule has 0 amide bonds. The standard InChI is InChI=1S/C14H8ClF3O2/c15-11-2-1-10(16)5-9(11)7-20-14-12(17)3-8(6-19)4-13(14)18/h1-6H,7H2. The van der Waals surface area contributed by atoms with E-state index in [2.05, 4.69) is 0 Å². The number of halogens is 4. The summed E-state index contributed by atoms with van der Waals surface area (Å²) in [5.41, 5.74) is 0.112. The molecule has 2 rings (SSSR count). The second-order valence-corrected chi connectivity index (χ2v) is 4.36. The predicted octanol–water partition coefficient (Wildman–Crippen LogP) is 4.15. The molecule has 0 bridgehead atoms. The molecule has 0 aliphatic heterocycles. The smallest absolute Gasteiger partial charge is 0.191 e. The zero-order valence-corrected chi connectivity index (χ0v) is 10.8. The molecule has 2 aromatic carbocycles. The molecule has 0 saturated carbocycles. The SMILES string of the molecule is O=Cc1cc(F)c(OCc2cc(F)ccc2Cl)c(F)c1. The summed E-state index contributed by atoms with van der Waals surface area (Å²) in [6.07, 6.45) is 0.319. The molecule has 0 spiro atoms. The van der Waals surface area contributed by atoms with Crippen molar-refractivity contribution in [2.24, 2.45) is 0 Å². The van der Waals surface area contributed by atoms with Crippen LogP contribution in [-0.2, 0) is 6.61 Å². The Hall–Kier alpha value is -2.01. The fourth-order valence-corrected chi connectivity index (χ4v) is 1.76. The van der Waals surface area contributed by atoms with E-state index in [1.165, 1.54) is 6.07 Å². The second kappa shape index (κ2) is 5.96. The number of rotatable bonds is 4. The van der Waals surface area contributed by atoms with Crippen LogP contribution in [0.4, 0.5) is 13.2 Å². The molecule has 0 aliphatic carbocycles. The molecule has 0 atom stereocenters. The lowest BCUT2D eigenvalue weighted by Gasteiger charge is -2.10. The molecular weight excluding hydrogens is 293 g/mol. The van der Waals surface area contributed by atoms with Gasteiger partial charge in [-0.1, -0.05) is 11.6 Å². The maximum absolute atomic E-state index is 13.5. The van der Waals surface area contributed by atoms with Crippen molar-refractivity contribution in [3.63, 3.8) is 0 Å². The molecule has 104 valence electrons. The van der Waals surface area contributed by atoms with E-state index in [0.717, 1.165) is 24.3 Å². The van der Waals surface area contributed by atoms with Gasteiger partial charge in [-0.2, -0.15) is 0 Å². The van der Waals surface area contributed by atoms with Crippen molar-refractivity contribution in [2.75, 3.05) is 0 Å². The minimum Gasteiger partial charge on any atom is -0.483 e. The lowest BCUT2D eigenvalue weighted by molar-refractivity contribution is 0.112. The molecule has 0 heterocycles. The van der Waals surface area contributed by atoms with E-state index in [1.807, 2.05) is 0 Å². The summed E-state index contributed by atoms with van der Waals surface area (Å²) in [4.78, 5) is 10.5. The largest absolute Gasteiger partial charge is 0.483 e. The number of carbonyl (C=O) groups excluding carboxylic acids is 1. The normalized spacial score (nSPS) is 10.4. The van der Waals surface area contributed by atoms with Gasteiger partial charge in [-0.25, -0.2) is 13.2 Å². The topological polar surface area (TPSA) is 26.3 Å². The van der Waals surface area contributed by atoms with Crippen molar-refractivity contribution in [1.29, 1.82) is 0 Å². The van der Waals surface area contributed by atoms with Gasteiger partial charge < -0.3 is 4.74 Å². The van der Waals surface area contributed by atoms with Crippen LogP contribution < -0.4 is 4.74 Å². The fourth-order valence-electron chi connectivity index (χ4n) is 1.59. The first-order chi connectivity index (χ1) is 9.51. The third-order valence-electron chi connectivity index (χ3n) is 2.54. The van der Waals surface area contributed by atoms with Gasteiger partial charge in [0.15, 0.2) is 17.4 Å². The Morgan fingerprint density at radius 1 is 1.10 bits per heavy atom.